The fraction of sp³-hybridized carbons (Fsp3) is 0.545. The van der Waals surface area contributed by atoms with Gasteiger partial charge in [0, 0.05) is 26.1 Å². The smallest absolute Gasteiger partial charge is 0.224 e. The van der Waals surface area contributed by atoms with Gasteiger partial charge in [-0.05, 0) is 0 Å². The molecule has 1 aromatic rings. The van der Waals surface area contributed by atoms with E-state index in [1.54, 1.807) is 4.90 Å². The Kier molecular flexibility index (Phi) is 4.75. The quantitative estimate of drug-likeness (QED) is 0.830. The first-order valence-corrected chi connectivity index (χ1v) is 6.41. The molecule has 2 heterocycles. The molecule has 19 heavy (non-hydrogen) atoms. The molecule has 104 valence electrons. The summed E-state index contributed by atoms with van der Waals surface area (Å²) in [4.78, 5) is 21.4. The molecule has 0 unspecified atom stereocenters. The maximum absolute atomic E-state index is 11.9. The number of morpholine rings is 1. The molecule has 1 aliphatic rings. The maximum atomic E-state index is 11.9. The molecule has 0 spiro atoms. The predicted molar refractivity (Wildman–Crippen MR) is 72.0 cm³/mol. The third kappa shape index (κ3) is 3.68. The summed E-state index contributed by atoms with van der Waals surface area (Å²) < 4.78 is 5.19. The molecule has 0 bridgehead atoms. The fourth-order valence-electron chi connectivity index (χ4n) is 1.77. The number of nitrogen functional groups attached to an aromatic ring is 1. The van der Waals surface area contributed by atoms with E-state index in [1.165, 1.54) is 6.33 Å². The largest absolute Gasteiger partial charge is 0.382 e. The number of nitrogens with one attached hydrogen (secondary N) is 1. The van der Waals surface area contributed by atoms with E-state index < -0.39 is 0 Å². The Morgan fingerprint density at radius 1 is 1.47 bits per heavy atom. The monoisotopic (exact) mass is 285 g/mol. The molecule has 8 heteroatoms. The SMILES string of the molecule is Nc1ncnc(NCCC(=O)N2CCOCC2)c1Cl. The first kappa shape index (κ1) is 13.8. The zero-order valence-corrected chi connectivity index (χ0v) is 11.2. The molecule has 1 aromatic heterocycles. The summed E-state index contributed by atoms with van der Waals surface area (Å²) >= 11 is 5.93. The lowest BCUT2D eigenvalue weighted by molar-refractivity contribution is -0.134. The lowest BCUT2D eigenvalue weighted by atomic mass is 10.3. The van der Waals surface area contributed by atoms with Gasteiger partial charge in [0.25, 0.3) is 0 Å². The van der Waals surface area contributed by atoms with Crippen molar-refractivity contribution >= 4 is 29.1 Å². The number of hydrogen-bond acceptors (Lipinski definition) is 6. The molecule has 1 aliphatic heterocycles. The van der Waals surface area contributed by atoms with Crippen LogP contribution in [0.2, 0.25) is 5.02 Å². The highest BCUT2D eigenvalue weighted by atomic mass is 35.5. The molecule has 1 fully saturated rings. The third-order valence-corrected chi connectivity index (χ3v) is 3.18. The average Bonchev–Trinajstić information content (AvgIpc) is 2.44. The second kappa shape index (κ2) is 6.53. The number of hydrogen-bond donors (Lipinski definition) is 2. The van der Waals surface area contributed by atoms with Crippen LogP contribution < -0.4 is 11.1 Å². The highest BCUT2D eigenvalue weighted by molar-refractivity contribution is 6.35. The minimum atomic E-state index is 0.0916. The number of aromatic nitrogens is 2. The van der Waals surface area contributed by atoms with E-state index in [2.05, 4.69) is 15.3 Å². The number of anilines is 2. The van der Waals surface area contributed by atoms with Crippen LogP contribution in [-0.4, -0.2) is 53.6 Å². The van der Waals surface area contributed by atoms with Crippen molar-refractivity contribution in [1.82, 2.24) is 14.9 Å². The summed E-state index contributed by atoms with van der Waals surface area (Å²) in [6.07, 6.45) is 1.70. The molecule has 7 nitrogen and oxygen atoms in total. The van der Waals surface area contributed by atoms with E-state index in [0.29, 0.717) is 45.1 Å². The number of ether oxygens (including phenoxy) is 1. The van der Waals surface area contributed by atoms with Crippen LogP contribution in [0.15, 0.2) is 6.33 Å². The van der Waals surface area contributed by atoms with Crippen molar-refractivity contribution in [1.29, 1.82) is 0 Å². The second-order valence-corrected chi connectivity index (χ2v) is 4.47. The summed E-state index contributed by atoms with van der Waals surface area (Å²) in [5, 5.41) is 3.26. The Morgan fingerprint density at radius 3 is 2.95 bits per heavy atom. The predicted octanol–water partition coefficient (Wildman–Crippen LogP) is 0.373. The molecule has 3 N–H and O–H groups in total. The highest BCUT2D eigenvalue weighted by Gasteiger charge is 2.16. The van der Waals surface area contributed by atoms with Gasteiger partial charge in [0.1, 0.15) is 23.0 Å². The van der Waals surface area contributed by atoms with Crippen molar-refractivity contribution in [3.05, 3.63) is 11.3 Å². The van der Waals surface area contributed by atoms with Gasteiger partial charge < -0.3 is 20.7 Å². The van der Waals surface area contributed by atoms with E-state index in [1.807, 2.05) is 0 Å². The topological polar surface area (TPSA) is 93.4 Å². The van der Waals surface area contributed by atoms with Gasteiger partial charge in [0.15, 0.2) is 0 Å². The van der Waals surface area contributed by atoms with Crippen LogP contribution in [0, 0.1) is 0 Å². The van der Waals surface area contributed by atoms with Crippen LogP contribution in [0.5, 0.6) is 0 Å². The fourth-order valence-corrected chi connectivity index (χ4v) is 1.93. The van der Waals surface area contributed by atoms with E-state index in [0.717, 1.165) is 0 Å². The molecule has 2 rings (SSSR count). The maximum Gasteiger partial charge on any atom is 0.224 e. The zero-order chi connectivity index (χ0) is 13.7. The molecular formula is C11H16ClN5O2. The highest BCUT2D eigenvalue weighted by Crippen LogP contribution is 2.22. The summed E-state index contributed by atoms with van der Waals surface area (Å²) in [6.45, 7) is 2.97. The summed E-state index contributed by atoms with van der Waals surface area (Å²) in [7, 11) is 0. The Balaban J connectivity index is 1.79. The van der Waals surface area contributed by atoms with E-state index >= 15 is 0 Å². The number of nitrogens with zero attached hydrogens (tertiary/aromatic N) is 3. The minimum Gasteiger partial charge on any atom is -0.382 e. The van der Waals surface area contributed by atoms with Crippen LogP contribution >= 0.6 is 11.6 Å². The number of amides is 1. The van der Waals surface area contributed by atoms with Gasteiger partial charge in [-0.1, -0.05) is 11.6 Å². The van der Waals surface area contributed by atoms with E-state index in [-0.39, 0.29) is 16.7 Å². The van der Waals surface area contributed by atoms with Crippen molar-refractivity contribution in [3.8, 4) is 0 Å². The molecule has 0 aliphatic carbocycles. The van der Waals surface area contributed by atoms with Crippen molar-refractivity contribution in [2.75, 3.05) is 43.9 Å². The molecule has 0 atom stereocenters. The number of carbonyl (C=O) groups is 1. The Hall–Kier alpha value is -1.60. The third-order valence-electron chi connectivity index (χ3n) is 2.81. The Labute approximate surface area is 116 Å². The number of halogens is 1. The van der Waals surface area contributed by atoms with Crippen LogP contribution in [-0.2, 0) is 9.53 Å². The Bertz CT molecular complexity index is 451. The molecule has 0 aromatic carbocycles. The van der Waals surface area contributed by atoms with Gasteiger partial charge in [-0.2, -0.15) is 0 Å². The summed E-state index contributed by atoms with van der Waals surface area (Å²) in [6, 6.07) is 0. The molecule has 1 saturated heterocycles. The average molecular weight is 286 g/mol. The lowest BCUT2D eigenvalue weighted by Crippen LogP contribution is -2.41. The molecular weight excluding hydrogens is 270 g/mol. The minimum absolute atomic E-state index is 0.0916. The van der Waals surface area contributed by atoms with Gasteiger partial charge >= 0.3 is 0 Å². The summed E-state index contributed by atoms with van der Waals surface area (Å²) in [5.41, 5.74) is 5.56. The molecule has 1 amide bonds. The van der Waals surface area contributed by atoms with Gasteiger partial charge in [-0.3, -0.25) is 4.79 Å². The van der Waals surface area contributed by atoms with Crippen LogP contribution in [0.3, 0.4) is 0 Å². The van der Waals surface area contributed by atoms with Crippen molar-refractivity contribution in [2.24, 2.45) is 0 Å². The molecule has 0 saturated carbocycles. The van der Waals surface area contributed by atoms with Crippen LogP contribution in [0.25, 0.3) is 0 Å². The Morgan fingerprint density at radius 2 is 2.21 bits per heavy atom. The van der Waals surface area contributed by atoms with Crippen molar-refractivity contribution in [2.45, 2.75) is 6.42 Å². The number of carbonyl (C=O) groups excluding carboxylic acids is 1. The molecule has 0 radical (unpaired) electrons. The second-order valence-electron chi connectivity index (χ2n) is 4.09. The van der Waals surface area contributed by atoms with Gasteiger partial charge in [0.05, 0.1) is 13.2 Å². The number of nitrogens with two attached hydrogens (primary N) is 1. The van der Waals surface area contributed by atoms with E-state index in [9.17, 15) is 4.79 Å². The first-order valence-electron chi connectivity index (χ1n) is 6.04. The lowest BCUT2D eigenvalue weighted by Gasteiger charge is -2.26. The van der Waals surface area contributed by atoms with E-state index in [4.69, 9.17) is 22.1 Å². The van der Waals surface area contributed by atoms with Gasteiger partial charge in [0.2, 0.25) is 5.91 Å². The van der Waals surface area contributed by atoms with Gasteiger partial charge in [-0.25, -0.2) is 9.97 Å². The normalized spacial score (nSPS) is 15.3. The first-order chi connectivity index (χ1) is 9.18. The van der Waals surface area contributed by atoms with Crippen LogP contribution in [0.4, 0.5) is 11.6 Å². The standard InChI is InChI=1S/C11H16ClN5O2/c12-9-10(13)15-7-16-11(9)14-2-1-8(18)17-3-5-19-6-4-17/h7H,1-6H2,(H3,13,14,15,16). The zero-order valence-electron chi connectivity index (χ0n) is 10.4. The van der Waals surface area contributed by atoms with Crippen LogP contribution in [0.1, 0.15) is 6.42 Å². The van der Waals surface area contributed by atoms with Crippen molar-refractivity contribution in [3.63, 3.8) is 0 Å². The number of rotatable bonds is 4. The van der Waals surface area contributed by atoms with Crippen molar-refractivity contribution < 1.29 is 9.53 Å². The summed E-state index contributed by atoms with van der Waals surface area (Å²) in [5.74, 6) is 0.761. The van der Waals surface area contributed by atoms with Gasteiger partial charge in [-0.15, -0.1) is 0 Å².